The van der Waals surface area contributed by atoms with Crippen molar-refractivity contribution < 1.29 is 14.6 Å². The van der Waals surface area contributed by atoms with Crippen LogP contribution in [-0.4, -0.2) is 17.7 Å². The number of rotatable bonds is 2. The smallest absolute Gasteiger partial charge is 0.328 e. The van der Waals surface area contributed by atoms with Crippen molar-refractivity contribution in [1.29, 1.82) is 0 Å². The van der Waals surface area contributed by atoms with E-state index in [1.165, 1.54) is 22.8 Å². The first-order chi connectivity index (χ1) is 11.2. The quantitative estimate of drug-likeness (QED) is 0.583. The molecule has 1 aliphatic rings. The van der Waals surface area contributed by atoms with Gasteiger partial charge < -0.3 is 9.84 Å². The van der Waals surface area contributed by atoms with E-state index < -0.39 is 5.97 Å². The fourth-order valence-corrected chi connectivity index (χ4v) is 2.62. The largest absolute Gasteiger partial charge is 0.492 e. The molecule has 3 nitrogen and oxygen atoms in total. The molecule has 0 radical (unpaired) electrons. The van der Waals surface area contributed by atoms with Crippen molar-refractivity contribution in [3.63, 3.8) is 0 Å². The van der Waals surface area contributed by atoms with E-state index in [9.17, 15) is 4.79 Å². The van der Waals surface area contributed by atoms with Crippen molar-refractivity contribution in [2.24, 2.45) is 5.41 Å². The van der Waals surface area contributed by atoms with Gasteiger partial charge in [-0.05, 0) is 44.4 Å². The lowest BCUT2D eigenvalue weighted by molar-refractivity contribution is -0.131. The number of aliphatic carboxylic acids is 1. The summed E-state index contributed by atoms with van der Waals surface area (Å²) in [4.78, 5) is 9.97. The monoisotopic (exact) mass is 328 g/mol. The molecule has 0 spiro atoms. The number of carboxylic acids is 1. The molecular formula is C21H28O3. The molecule has 0 aromatic heterocycles. The second-order valence-electron chi connectivity index (χ2n) is 6.78. The highest BCUT2D eigenvalue weighted by atomic mass is 16.5. The number of para-hydroxylation sites is 1. The van der Waals surface area contributed by atoms with Crippen LogP contribution in [-0.2, 0) is 4.79 Å². The minimum atomic E-state index is -0.898. The van der Waals surface area contributed by atoms with Crippen LogP contribution in [0.25, 0.3) is 5.57 Å². The molecular weight excluding hydrogens is 300 g/mol. The van der Waals surface area contributed by atoms with Gasteiger partial charge in [-0.25, -0.2) is 4.79 Å². The maximum absolute atomic E-state index is 9.97. The number of allylic oxidation sites excluding steroid dienone is 4. The summed E-state index contributed by atoms with van der Waals surface area (Å²) in [5.74, 6) is 0.155. The van der Waals surface area contributed by atoms with Gasteiger partial charge in [-0.2, -0.15) is 0 Å². The Kier molecular flexibility index (Phi) is 7.02. The van der Waals surface area contributed by atoms with E-state index in [-0.39, 0.29) is 5.41 Å². The Morgan fingerprint density at radius 1 is 1.29 bits per heavy atom. The second-order valence-corrected chi connectivity index (χ2v) is 6.78. The molecule has 0 saturated heterocycles. The summed E-state index contributed by atoms with van der Waals surface area (Å²) in [6.07, 6.45) is 7.02. The molecule has 0 aliphatic carbocycles. The molecule has 1 aromatic rings. The summed E-state index contributed by atoms with van der Waals surface area (Å²) in [7, 11) is 0. The summed E-state index contributed by atoms with van der Waals surface area (Å²) in [5, 5.41) is 8.20. The molecule has 0 saturated carbocycles. The van der Waals surface area contributed by atoms with E-state index in [0.717, 1.165) is 17.9 Å². The predicted octanol–water partition coefficient (Wildman–Crippen LogP) is 5.41. The average Bonchev–Trinajstić information content (AvgIpc) is 2.56. The van der Waals surface area contributed by atoms with Crippen molar-refractivity contribution in [3.8, 4) is 5.75 Å². The number of benzene rings is 1. The first-order valence-electron chi connectivity index (χ1n) is 8.12. The standard InChI is InChI=1S/C14H18O.C7H10O2/c1-10-6-5-7-12-11(2)8-14(3,4)9-15-13(10)12;1-3-4-6(2)5-7(8)9/h5-8H,9H2,1-4H3;3-5H,1-2H3,(H,8,9)/b;4-3+,6-5+. The minimum Gasteiger partial charge on any atom is -0.492 e. The third-order valence-electron chi connectivity index (χ3n) is 3.61. The molecule has 0 unspecified atom stereocenters. The van der Waals surface area contributed by atoms with Gasteiger partial charge in [0.1, 0.15) is 5.75 Å². The van der Waals surface area contributed by atoms with Gasteiger partial charge in [0, 0.05) is 17.1 Å². The van der Waals surface area contributed by atoms with Gasteiger partial charge in [0.2, 0.25) is 0 Å². The summed E-state index contributed by atoms with van der Waals surface area (Å²) >= 11 is 0. The van der Waals surface area contributed by atoms with Crippen LogP contribution >= 0.6 is 0 Å². The van der Waals surface area contributed by atoms with E-state index in [4.69, 9.17) is 9.84 Å². The van der Waals surface area contributed by atoms with E-state index in [1.54, 1.807) is 19.1 Å². The third kappa shape index (κ3) is 6.07. The zero-order valence-corrected chi connectivity index (χ0v) is 15.5. The van der Waals surface area contributed by atoms with Gasteiger partial charge in [-0.15, -0.1) is 0 Å². The van der Waals surface area contributed by atoms with E-state index >= 15 is 0 Å². The number of aryl methyl sites for hydroxylation is 1. The van der Waals surface area contributed by atoms with Crippen LogP contribution in [0.2, 0.25) is 0 Å². The molecule has 0 fully saturated rings. The van der Waals surface area contributed by atoms with Crippen molar-refractivity contribution in [3.05, 3.63) is 59.2 Å². The summed E-state index contributed by atoms with van der Waals surface area (Å²) in [6.45, 7) is 13.0. The summed E-state index contributed by atoms with van der Waals surface area (Å²) in [6, 6.07) is 6.33. The van der Waals surface area contributed by atoms with E-state index in [1.807, 2.05) is 6.92 Å². The minimum absolute atomic E-state index is 0.121. The maximum Gasteiger partial charge on any atom is 0.328 e. The third-order valence-corrected chi connectivity index (χ3v) is 3.61. The maximum atomic E-state index is 9.97. The fourth-order valence-electron chi connectivity index (χ4n) is 2.62. The predicted molar refractivity (Wildman–Crippen MR) is 100 cm³/mol. The van der Waals surface area contributed by atoms with Crippen LogP contribution in [0, 0.1) is 12.3 Å². The van der Waals surface area contributed by atoms with Crippen molar-refractivity contribution in [2.45, 2.75) is 41.5 Å². The number of ether oxygens (including phenoxy) is 1. The number of carbonyl (C=O) groups is 1. The first-order valence-corrected chi connectivity index (χ1v) is 8.12. The zero-order chi connectivity index (χ0) is 18.3. The molecule has 1 heterocycles. The van der Waals surface area contributed by atoms with Gasteiger partial charge in [0.25, 0.3) is 0 Å². The highest BCUT2D eigenvalue weighted by molar-refractivity contribution is 5.81. The number of hydrogen-bond donors (Lipinski definition) is 1. The van der Waals surface area contributed by atoms with Crippen molar-refractivity contribution in [2.75, 3.05) is 6.61 Å². The number of fused-ring (bicyclic) bond motifs is 1. The second kappa shape index (κ2) is 8.53. The highest BCUT2D eigenvalue weighted by Gasteiger charge is 2.22. The molecule has 0 bridgehead atoms. The Morgan fingerprint density at radius 2 is 1.96 bits per heavy atom. The van der Waals surface area contributed by atoms with Gasteiger partial charge in [-0.3, -0.25) is 0 Å². The Labute approximate surface area is 145 Å². The van der Waals surface area contributed by atoms with Gasteiger partial charge in [-0.1, -0.05) is 50.3 Å². The average molecular weight is 328 g/mol. The molecule has 3 heteroatoms. The summed E-state index contributed by atoms with van der Waals surface area (Å²) in [5.41, 5.74) is 4.65. The van der Waals surface area contributed by atoms with Gasteiger partial charge in [0.05, 0.1) is 6.61 Å². The molecule has 1 N–H and O–H groups in total. The Morgan fingerprint density at radius 3 is 2.54 bits per heavy atom. The van der Waals surface area contributed by atoms with Crippen LogP contribution in [0.15, 0.2) is 48.1 Å². The lowest BCUT2D eigenvalue weighted by Gasteiger charge is -2.19. The topological polar surface area (TPSA) is 46.5 Å². The van der Waals surface area contributed by atoms with E-state index in [2.05, 4.69) is 52.0 Å². The fraction of sp³-hybridized carbons (Fsp3) is 0.381. The molecule has 0 amide bonds. The van der Waals surface area contributed by atoms with Crippen molar-refractivity contribution >= 4 is 11.5 Å². The van der Waals surface area contributed by atoms with Crippen LogP contribution in [0.4, 0.5) is 0 Å². The number of carboxylic acid groups (broad SMARTS) is 1. The normalized spacial score (nSPS) is 16.2. The van der Waals surface area contributed by atoms with Gasteiger partial charge >= 0.3 is 5.97 Å². The van der Waals surface area contributed by atoms with Crippen LogP contribution in [0.1, 0.15) is 45.7 Å². The number of hydrogen-bond acceptors (Lipinski definition) is 2. The lowest BCUT2D eigenvalue weighted by Crippen LogP contribution is -2.17. The molecule has 130 valence electrons. The summed E-state index contributed by atoms with van der Waals surface area (Å²) < 4.78 is 5.91. The molecule has 24 heavy (non-hydrogen) atoms. The first kappa shape index (κ1) is 19.8. The molecule has 1 aromatic carbocycles. The highest BCUT2D eigenvalue weighted by Crippen LogP contribution is 2.36. The Bertz CT molecular complexity index is 676. The van der Waals surface area contributed by atoms with Crippen LogP contribution < -0.4 is 4.74 Å². The lowest BCUT2D eigenvalue weighted by atomic mass is 9.91. The molecule has 0 atom stereocenters. The SMILES string of the molecule is C/C=C/C(C)=C/C(=O)O.CC1=CC(C)(C)COc2c(C)cccc21. The van der Waals surface area contributed by atoms with Crippen molar-refractivity contribution in [1.82, 2.24) is 0 Å². The zero-order valence-electron chi connectivity index (χ0n) is 15.5. The van der Waals surface area contributed by atoms with Crippen LogP contribution in [0.5, 0.6) is 5.75 Å². The Hall–Kier alpha value is -2.29. The van der Waals surface area contributed by atoms with Gasteiger partial charge in [0.15, 0.2) is 0 Å². The Balaban J connectivity index is 0.000000277. The van der Waals surface area contributed by atoms with Crippen LogP contribution in [0.3, 0.4) is 0 Å². The van der Waals surface area contributed by atoms with E-state index in [0.29, 0.717) is 0 Å². The molecule has 2 rings (SSSR count). The molecule has 1 aliphatic heterocycles.